The van der Waals surface area contributed by atoms with Crippen molar-refractivity contribution in [2.75, 3.05) is 37.5 Å². The summed E-state index contributed by atoms with van der Waals surface area (Å²) in [6.07, 6.45) is -1.53. The van der Waals surface area contributed by atoms with Crippen LogP contribution in [0.4, 0.5) is 13.9 Å². The highest BCUT2D eigenvalue weighted by Crippen LogP contribution is 2.19. The number of anilines is 1. The van der Waals surface area contributed by atoms with E-state index in [1.807, 2.05) is 5.38 Å². The van der Waals surface area contributed by atoms with Crippen LogP contribution in [-0.4, -0.2) is 63.9 Å². The number of hydrogen-bond donors (Lipinski definition) is 4. The normalized spacial score (nSPS) is 13.1. The third kappa shape index (κ3) is 10.4. The molecular formula is C12H21F2N7O2S3. The van der Waals surface area contributed by atoms with Gasteiger partial charge < -0.3 is 21.7 Å². The Labute approximate surface area is 159 Å². The maximum Gasteiger partial charge on any atom is 0.257 e. The first kappa shape index (κ1) is 22.4. The molecular weight excluding hydrogens is 408 g/mol. The number of hydrogen-bond acceptors (Lipinski definition) is 6. The fraction of sp³-hybridized carbons (Fsp3) is 0.583. The number of thioether (sulfide) groups is 1. The molecule has 0 aromatic carbocycles. The number of nitrogens with one attached hydrogen (secondary N) is 3. The van der Waals surface area contributed by atoms with Crippen LogP contribution in [0.15, 0.2) is 14.8 Å². The monoisotopic (exact) mass is 429 g/mol. The smallest absolute Gasteiger partial charge is 0.257 e. The zero-order chi connectivity index (χ0) is 19.6. The number of sulfonamides is 1. The lowest BCUT2D eigenvalue weighted by atomic mass is 10.6. The molecule has 0 unspecified atom stereocenters. The Kier molecular flexibility index (Phi) is 9.58. The Morgan fingerprint density at radius 3 is 2.85 bits per heavy atom. The second kappa shape index (κ2) is 11.1. The molecule has 0 radical (unpaired) electrons. The quantitative estimate of drug-likeness (QED) is 0.253. The van der Waals surface area contributed by atoms with Gasteiger partial charge in [-0.05, 0) is 0 Å². The maximum absolute atomic E-state index is 12.0. The molecule has 9 nitrogen and oxygen atoms in total. The molecule has 0 spiro atoms. The van der Waals surface area contributed by atoms with Crippen molar-refractivity contribution < 1.29 is 17.2 Å². The van der Waals surface area contributed by atoms with Gasteiger partial charge in [-0.1, -0.05) is 0 Å². The van der Waals surface area contributed by atoms with Crippen LogP contribution in [0.25, 0.3) is 0 Å². The van der Waals surface area contributed by atoms with E-state index in [0.29, 0.717) is 23.2 Å². The summed E-state index contributed by atoms with van der Waals surface area (Å²) in [5.41, 5.74) is 6.30. The summed E-state index contributed by atoms with van der Waals surface area (Å²) in [4.78, 5) is 7.77. The van der Waals surface area contributed by atoms with Crippen LogP contribution >= 0.6 is 23.1 Å². The second-order valence-corrected chi connectivity index (χ2v) is 8.40. The number of nitrogens with zero attached hydrogens (tertiary/aromatic N) is 3. The van der Waals surface area contributed by atoms with Gasteiger partial charge in [-0.15, -0.1) is 15.7 Å². The summed E-state index contributed by atoms with van der Waals surface area (Å²) >= 11 is 2.88. The third-order valence-electron chi connectivity index (χ3n) is 2.47. The van der Waals surface area contributed by atoms with Gasteiger partial charge in [0, 0.05) is 30.5 Å². The second-order valence-electron chi connectivity index (χ2n) is 4.79. The van der Waals surface area contributed by atoms with Gasteiger partial charge in [-0.3, -0.25) is 0 Å². The molecule has 14 heteroatoms. The van der Waals surface area contributed by atoms with E-state index in [1.54, 1.807) is 18.8 Å². The van der Waals surface area contributed by atoms with E-state index in [1.165, 1.54) is 11.3 Å². The van der Waals surface area contributed by atoms with Gasteiger partial charge in [0.2, 0.25) is 5.96 Å². The van der Waals surface area contributed by atoms with Crippen LogP contribution < -0.4 is 21.7 Å². The highest BCUT2D eigenvalue weighted by Gasteiger charge is 2.06. The minimum atomic E-state index is -3.46. The van der Waals surface area contributed by atoms with Crippen molar-refractivity contribution in [1.29, 1.82) is 0 Å². The van der Waals surface area contributed by atoms with Crippen molar-refractivity contribution in [3.8, 4) is 0 Å². The number of rotatable bonds is 9. The number of halogens is 2. The van der Waals surface area contributed by atoms with E-state index in [0.717, 1.165) is 11.9 Å². The van der Waals surface area contributed by atoms with Crippen molar-refractivity contribution >= 4 is 50.2 Å². The average molecular weight is 430 g/mol. The Hall–Kier alpha value is -1.67. The van der Waals surface area contributed by atoms with Crippen LogP contribution in [0.3, 0.4) is 0 Å². The lowest BCUT2D eigenvalue weighted by Crippen LogP contribution is -2.36. The molecule has 0 saturated carbocycles. The molecule has 1 heterocycles. The zero-order valence-electron chi connectivity index (χ0n) is 14.2. The standard InChI is InChI=1S/C12H21F2N7O2S3/c1-16-11(21-26(2,22)23)17-3-4-24-6-8-7-25-12(19-8)20-10(15)18-5-9(13)14/h7,9H,3-6H2,1-2H3,(H2,16,17,21)(H3,15,18,19,20). The Bertz CT molecular complexity index is 722. The molecule has 1 aromatic heterocycles. The molecule has 148 valence electrons. The predicted octanol–water partition coefficient (Wildman–Crippen LogP) is 0.493. The molecule has 1 rings (SSSR count). The van der Waals surface area contributed by atoms with Crippen molar-refractivity contribution in [2.24, 2.45) is 15.1 Å². The largest absolute Gasteiger partial charge is 0.370 e. The number of nitrogens with two attached hydrogens (primary N) is 1. The van der Waals surface area contributed by atoms with Gasteiger partial charge in [0.05, 0.1) is 11.9 Å². The fourth-order valence-electron chi connectivity index (χ4n) is 1.50. The molecule has 5 N–H and O–H groups in total. The SMILES string of the molecule is CN/C(=N/S(C)(=O)=O)NCCSCc1csc(N/C(N)=N\CC(F)F)n1. The lowest BCUT2D eigenvalue weighted by Gasteiger charge is -2.07. The molecule has 0 aliphatic carbocycles. The fourth-order valence-corrected chi connectivity index (χ4v) is 3.56. The zero-order valence-corrected chi connectivity index (χ0v) is 16.6. The van der Waals surface area contributed by atoms with E-state index >= 15 is 0 Å². The van der Waals surface area contributed by atoms with Crippen LogP contribution in [0.5, 0.6) is 0 Å². The van der Waals surface area contributed by atoms with E-state index < -0.39 is 23.0 Å². The minimum absolute atomic E-state index is 0.104. The molecule has 0 fully saturated rings. The molecule has 0 aliphatic rings. The number of alkyl halides is 2. The molecule has 0 saturated heterocycles. The molecule has 0 amide bonds. The summed E-state index contributed by atoms with van der Waals surface area (Å²) in [7, 11) is -1.88. The highest BCUT2D eigenvalue weighted by atomic mass is 32.2. The number of guanidine groups is 2. The van der Waals surface area contributed by atoms with Crippen LogP contribution in [0.2, 0.25) is 0 Å². The van der Waals surface area contributed by atoms with Crippen molar-refractivity contribution in [1.82, 2.24) is 15.6 Å². The lowest BCUT2D eigenvalue weighted by molar-refractivity contribution is 0.158. The highest BCUT2D eigenvalue weighted by molar-refractivity contribution is 7.98. The maximum atomic E-state index is 12.0. The Morgan fingerprint density at radius 2 is 2.23 bits per heavy atom. The van der Waals surface area contributed by atoms with Gasteiger partial charge >= 0.3 is 0 Å². The van der Waals surface area contributed by atoms with Crippen LogP contribution in [0, 0.1) is 0 Å². The van der Waals surface area contributed by atoms with Crippen molar-refractivity contribution in [3.05, 3.63) is 11.1 Å². The summed E-state index contributed by atoms with van der Waals surface area (Å²) < 4.78 is 49.8. The molecule has 0 bridgehead atoms. The number of aromatic nitrogens is 1. The summed E-state index contributed by atoms with van der Waals surface area (Å²) in [6, 6.07) is 0. The average Bonchev–Trinajstić information content (AvgIpc) is 2.97. The summed E-state index contributed by atoms with van der Waals surface area (Å²) in [6.45, 7) is -0.139. The third-order valence-corrected chi connectivity index (χ3v) is 4.78. The molecule has 0 atom stereocenters. The number of aliphatic imine (C=N–C) groups is 1. The van der Waals surface area contributed by atoms with Gasteiger partial charge in [-0.2, -0.15) is 11.8 Å². The Balaban J connectivity index is 2.33. The predicted molar refractivity (Wildman–Crippen MR) is 104 cm³/mol. The topological polar surface area (TPSA) is 134 Å². The number of thiazole rings is 1. The van der Waals surface area contributed by atoms with Gasteiger partial charge in [0.25, 0.3) is 16.4 Å². The van der Waals surface area contributed by atoms with Crippen molar-refractivity contribution in [3.63, 3.8) is 0 Å². The van der Waals surface area contributed by atoms with Gasteiger partial charge in [0.1, 0.15) is 6.54 Å². The van der Waals surface area contributed by atoms with Crippen LogP contribution in [0.1, 0.15) is 5.69 Å². The van der Waals surface area contributed by atoms with E-state index in [4.69, 9.17) is 5.73 Å². The summed E-state index contributed by atoms with van der Waals surface area (Å²) in [5, 5.41) is 10.5. The van der Waals surface area contributed by atoms with Gasteiger partial charge in [-0.25, -0.2) is 27.2 Å². The first-order chi connectivity index (χ1) is 12.2. The molecule has 1 aromatic rings. The molecule has 0 aliphatic heterocycles. The minimum Gasteiger partial charge on any atom is -0.370 e. The van der Waals surface area contributed by atoms with Crippen LogP contribution in [-0.2, 0) is 15.8 Å². The Morgan fingerprint density at radius 1 is 1.50 bits per heavy atom. The van der Waals surface area contributed by atoms with E-state index in [9.17, 15) is 17.2 Å². The first-order valence-corrected chi connectivity index (χ1v) is 11.2. The molecule has 26 heavy (non-hydrogen) atoms. The van der Waals surface area contributed by atoms with E-state index in [2.05, 4.69) is 30.3 Å². The summed E-state index contributed by atoms with van der Waals surface area (Å²) in [5.74, 6) is 1.41. The first-order valence-electron chi connectivity index (χ1n) is 7.28. The van der Waals surface area contributed by atoms with Gasteiger partial charge in [0.15, 0.2) is 11.1 Å². The van der Waals surface area contributed by atoms with E-state index in [-0.39, 0.29) is 11.9 Å². The van der Waals surface area contributed by atoms with Crippen molar-refractivity contribution in [2.45, 2.75) is 12.2 Å².